The van der Waals surface area contributed by atoms with Crippen LogP contribution in [0, 0.1) is 0 Å². The van der Waals surface area contributed by atoms with Crippen LogP contribution in [0.5, 0.6) is 0 Å². The van der Waals surface area contributed by atoms with Crippen LogP contribution in [-0.2, 0) is 4.79 Å². The normalized spacial score (nSPS) is 14.2. The van der Waals surface area contributed by atoms with Gasteiger partial charge in [-0.2, -0.15) is 0 Å². The number of hydrogen-bond acceptors (Lipinski definition) is 3. The van der Waals surface area contributed by atoms with Gasteiger partial charge in [0.15, 0.2) is 0 Å². The van der Waals surface area contributed by atoms with Crippen molar-refractivity contribution in [3.05, 3.63) is 48.6 Å². The van der Waals surface area contributed by atoms with E-state index in [1.165, 1.54) is 0 Å². The highest BCUT2D eigenvalue weighted by Crippen LogP contribution is 2.21. The van der Waals surface area contributed by atoms with Gasteiger partial charge in [-0.3, -0.25) is 9.69 Å². The van der Waals surface area contributed by atoms with Crippen LogP contribution in [-0.4, -0.2) is 40.3 Å². The number of nitrogens with zero attached hydrogens (tertiary/aromatic N) is 1. The average molecular weight is 249 g/mol. The Hall–Kier alpha value is -1.65. The van der Waals surface area contributed by atoms with Crippen molar-refractivity contribution >= 4 is 5.97 Å². The molecule has 0 heterocycles. The molecule has 2 N–H and O–H groups in total. The number of carbonyl (C=O) groups is 1. The Morgan fingerprint density at radius 1 is 1.44 bits per heavy atom. The predicted octanol–water partition coefficient (Wildman–Crippen LogP) is 1.68. The zero-order valence-electron chi connectivity index (χ0n) is 10.5. The highest BCUT2D eigenvalue weighted by Gasteiger charge is 2.27. The van der Waals surface area contributed by atoms with Crippen molar-refractivity contribution in [3.8, 4) is 0 Å². The Morgan fingerprint density at radius 2 is 2.06 bits per heavy atom. The van der Waals surface area contributed by atoms with Gasteiger partial charge in [-0.15, -0.1) is 6.58 Å². The van der Waals surface area contributed by atoms with Crippen LogP contribution in [0.15, 0.2) is 43.0 Å². The number of rotatable bonds is 7. The van der Waals surface area contributed by atoms with E-state index in [0.717, 1.165) is 0 Å². The Morgan fingerprint density at radius 3 is 2.50 bits per heavy atom. The number of hydrogen-bond donors (Lipinski definition) is 2. The van der Waals surface area contributed by atoms with Gasteiger partial charge in [-0.25, -0.2) is 0 Å². The van der Waals surface area contributed by atoms with E-state index in [1.54, 1.807) is 42.2 Å². The molecule has 1 aromatic carbocycles. The zero-order chi connectivity index (χ0) is 13.5. The van der Waals surface area contributed by atoms with E-state index in [9.17, 15) is 15.0 Å². The molecule has 0 aliphatic rings. The molecular formula is C14H19NO3. The first-order valence-electron chi connectivity index (χ1n) is 5.87. The minimum Gasteiger partial charge on any atom is -0.480 e. The van der Waals surface area contributed by atoms with Gasteiger partial charge < -0.3 is 10.2 Å². The average Bonchev–Trinajstić information content (AvgIpc) is 2.29. The molecule has 0 aliphatic carbocycles. The molecule has 0 amide bonds. The first kappa shape index (κ1) is 14.4. The van der Waals surface area contributed by atoms with E-state index in [4.69, 9.17) is 0 Å². The monoisotopic (exact) mass is 249 g/mol. The van der Waals surface area contributed by atoms with Crippen molar-refractivity contribution in [2.45, 2.75) is 19.1 Å². The SMILES string of the molecule is C=CCN(C[C@@H](C)O)[C@H](C(=O)O)c1ccccc1. The molecule has 1 aromatic rings. The number of carboxylic acids is 1. The summed E-state index contributed by atoms with van der Waals surface area (Å²) in [6, 6.07) is 8.24. The summed E-state index contributed by atoms with van der Waals surface area (Å²) < 4.78 is 0. The van der Waals surface area contributed by atoms with E-state index in [1.807, 2.05) is 6.07 Å². The zero-order valence-corrected chi connectivity index (χ0v) is 10.5. The number of aliphatic hydroxyl groups excluding tert-OH is 1. The molecule has 1 rings (SSSR count). The maximum atomic E-state index is 11.4. The fourth-order valence-corrected chi connectivity index (χ4v) is 1.94. The molecule has 0 bridgehead atoms. The Balaban J connectivity index is 3.00. The summed E-state index contributed by atoms with van der Waals surface area (Å²) in [5, 5.41) is 18.8. The highest BCUT2D eigenvalue weighted by atomic mass is 16.4. The Kier molecular flexibility index (Phi) is 5.55. The minimum absolute atomic E-state index is 0.290. The largest absolute Gasteiger partial charge is 0.480 e. The second-order valence-corrected chi connectivity index (χ2v) is 4.24. The van der Waals surface area contributed by atoms with Crippen LogP contribution in [0.1, 0.15) is 18.5 Å². The minimum atomic E-state index is -0.927. The van der Waals surface area contributed by atoms with Crippen LogP contribution < -0.4 is 0 Å². The van der Waals surface area contributed by atoms with Gasteiger partial charge in [-0.1, -0.05) is 36.4 Å². The van der Waals surface area contributed by atoms with E-state index >= 15 is 0 Å². The molecule has 4 nitrogen and oxygen atoms in total. The van der Waals surface area contributed by atoms with E-state index in [2.05, 4.69) is 6.58 Å². The predicted molar refractivity (Wildman–Crippen MR) is 70.3 cm³/mol. The molecule has 0 aliphatic heterocycles. The lowest BCUT2D eigenvalue weighted by atomic mass is 10.0. The second-order valence-electron chi connectivity index (χ2n) is 4.24. The molecule has 0 saturated carbocycles. The number of benzene rings is 1. The lowest BCUT2D eigenvalue weighted by Crippen LogP contribution is -2.38. The molecule has 0 spiro atoms. The number of carboxylic acid groups (broad SMARTS) is 1. The van der Waals surface area contributed by atoms with Gasteiger partial charge in [-0.05, 0) is 12.5 Å². The fourth-order valence-electron chi connectivity index (χ4n) is 1.94. The maximum Gasteiger partial charge on any atom is 0.325 e. The molecule has 18 heavy (non-hydrogen) atoms. The Labute approximate surface area is 107 Å². The molecular weight excluding hydrogens is 230 g/mol. The summed E-state index contributed by atoms with van der Waals surface area (Å²) in [6.45, 7) is 5.97. The third-order valence-corrected chi connectivity index (χ3v) is 2.58. The standard InChI is InChI=1S/C14H19NO3/c1-3-9-15(10-11(2)16)13(14(17)18)12-7-5-4-6-8-12/h3-8,11,13,16H,1,9-10H2,2H3,(H,17,18)/t11-,13+/m1/s1. The van der Waals surface area contributed by atoms with Crippen molar-refractivity contribution in [2.24, 2.45) is 0 Å². The van der Waals surface area contributed by atoms with Crippen molar-refractivity contribution in [1.82, 2.24) is 4.90 Å². The molecule has 0 fully saturated rings. The smallest absolute Gasteiger partial charge is 0.325 e. The Bertz CT molecular complexity index is 389. The first-order valence-corrected chi connectivity index (χ1v) is 5.87. The third kappa shape index (κ3) is 3.98. The summed E-state index contributed by atoms with van der Waals surface area (Å²) in [5.41, 5.74) is 0.701. The maximum absolute atomic E-state index is 11.4. The highest BCUT2D eigenvalue weighted by molar-refractivity contribution is 5.75. The van der Waals surface area contributed by atoms with E-state index < -0.39 is 18.1 Å². The fraction of sp³-hybridized carbons (Fsp3) is 0.357. The molecule has 0 aromatic heterocycles. The van der Waals surface area contributed by atoms with Gasteiger partial charge in [0.2, 0.25) is 0 Å². The van der Waals surface area contributed by atoms with Crippen molar-refractivity contribution < 1.29 is 15.0 Å². The summed E-state index contributed by atoms with van der Waals surface area (Å²) in [4.78, 5) is 13.1. The summed E-state index contributed by atoms with van der Waals surface area (Å²) in [7, 11) is 0. The van der Waals surface area contributed by atoms with Gasteiger partial charge in [0.25, 0.3) is 0 Å². The van der Waals surface area contributed by atoms with Crippen molar-refractivity contribution in [1.29, 1.82) is 0 Å². The van der Waals surface area contributed by atoms with Gasteiger partial charge in [0.05, 0.1) is 6.10 Å². The molecule has 0 saturated heterocycles. The van der Waals surface area contributed by atoms with Crippen LogP contribution in [0.4, 0.5) is 0 Å². The van der Waals surface area contributed by atoms with E-state index in [0.29, 0.717) is 12.1 Å². The lowest BCUT2D eigenvalue weighted by molar-refractivity contribution is -0.143. The number of aliphatic hydroxyl groups is 1. The molecule has 98 valence electrons. The second kappa shape index (κ2) is 6.93. The first-order chi connectivity index (χ1) is 8.56. The van der Waals surface area contributed by atoms with E-state index in [-0.39, 0.29) is 6.54 Å². The van der Waals surface area contributed by atoms with Crippen molar-refractivity contribution in [3.63, 3.8) is 0 Å². The van der Waals surface area contributed by atoms with Crippen LogP contribution in [0.25, 0.3) is 0 Å². The quantitative estimate of drug-likeness (QED) is 0.722. The van der Waals surface area contributed by atoms with Gasteiger partial charge >= 0.3 is 5.97 Å². The molecule has 0 unspecified atom stereocenters. The summed E-state index contributed by atoms with van der Waals surface area (Å²) in [5.74, 6) is -0.927. The third-order valence-electron chi connectivity index (χ3n) is 2.58. The molecule has 4 heteroatoms. The van der Waals surface area contributed by atoms with Crippen LogP contribution >= 0.6 is 0 Å². The molecule has 2 atom stereocenters. The van der Waals surface area contributed by atoms with Crippen molar-refractivity contribution in [2.75, 3.05) is 13.1 Å². The van der Waals surface area contributed by atoms with Crippen LogP contribution in [0.2, 0.25) is 0 Å². The summed E-state index contributed by atoms with van der Waals surface area (Å²) in [6.07, 6.45) is 1.05. The van der Waals surface area contributed by atoms with Gasteiger partial charge in [0.1, 0.15) is 6.04 Å². The lowest BCUT2D eigenvalue weighted by Gasteiger charge is -2.29. The van der Waals surface area contributed by atoms with Crippen LogP contribution in [0.3, 0.4) is 0 Å². The molecule has 0 radical (unpaired) electrons. The van der Waals surface area contributed by atoms with Gasteiger partial charge in [0, 0.05) is 13.1 Å². The topological polar surface area (TPSA) is 60.8 Å². The number of aliphatic carboxylic acids is 1. The summed E-state index contributed by atoms with van der Waals surface area (Å²) >= 11 is 0.